The minimum Gasteiger partial charge on any atom is -0.493 e. The molecule has 0 saturated heterocycles. The molecule has 0 aliphatic rings. The lowest BCUT2D eigenvalue weighted by Gasteiger charge is -2.13. The van der Waals surface area contributed by atoms with Gasteiger partial charge in [-0.3, -0.25) is 4.79 Å². The van der Waals surface area contributed by atoms with Crippen molar-refractivity contribution in [3.05, 3.63) is 35.2 Å². The van der Waals surface area contributed by atoms with E-state index in [1.807, 2.05) is 0 Å². The van der Waals surface area contributed by atoms with Crippen LogP contribution in [-0.2, 0) is 6.42 Å². The van der Waals surface area contributed by atoms with Gasteiger partial charge in [0, 0.05) is 11.6 Å². The number of carbonyl (C=O) groups excluding carboxylic acids is 1. The molecule has 1 aromatic heterocycles. The zero-order valence-corrected chi connectivity index (χ0v) is 12.4. The summed E-state index contributed by atoms with van der Waals surface area (Å²) in [5.41, 5.74) is 1.20. The van der Waals surface area contributed by atoms with Crippen LogP contribution in [0.4, 0.5) is 0 Å². The number of hydrogen-bond donors (Lipinski definition) is 0. The standard InChI is InChI=1S/C15H17NO5/c1-9-5-11(21-16-9)8-12(17)10-6-13(18-2)15(20-4)14(7-10)19-3/h5-7H,8H2,1-4H3. The van der Waals surface area contributed by atoms with E-state index in [2.05, 4.69) is 5.16 Å². The molecule has 0 unspecified atom stereocenters. The van der Waals surface area contributed by atoms with Crippen molar-refractivity contribution in [1.82, 2.24) is 5.16 Å². The molecule has 0 spiro atoms. The quantitative estimate of drug-likeness (QED) is 0.761. The molecular weight excluding hydrogens is 274 g/mol. The van der Waals surface area contributed by atoms with Crippen LogP contribution in [-0.4, -0.2) is 32.3 Å². The van der Waals surface area contributed by atoms with Crippen molar-refractivity contribution in [2.45, 2.75) is 13.3 Å². The van der Waals surface area contributed by atoms with Crippen LogP contribution in [0.15, 0.2) is 22.7 Å². The van der Waals surface area contributed by atoms with Crippen molar-refractivity contribution in [1.29, 1.82) is 0 Å². The number of hydrogen-bond acceptors (Lipinski definition) is 6. The molecule has 0 saturated carbocycles. The molecule has 0 fully saturated rings. The number of nitrogens with zero attached hydrogens (tertiary/aromatic N) is 1. The monoisotopic (exact) mass is 291 g/mol. The fraction of sp³-hybridized carbons (Fsp3) is 0.333. The first-order chi connectivity index (χ1) is 10.1. The van der Waals surface area contributed by atoms with Crippen molar-refractivity contribution in [3.63, 3.8) is 0 Å². The molecule has 0 amide bonds. The van der Waals surface area contributed by atoms with E-state index in [1.54, 1.807) is 25.1 Å². The van der Waals surface area contributed by atoms with Crippen molar-refractivity contribution in [3.8, 4) is 17.2 Å². The van der Waals surface area contributed by atoms with Crippen LogP contribution < -0.4 is 14.2 Å². The van der Waals surface area contributed by atoms with E-state index in [9.17, 15) is 4.79 Å². The predicted octanol–water partition coefficient (Wildman–Crippen LogP) is 2.43. The Kier molecular flexibility index (Phi) is 4.47. The number of benzene rings is 1. The lowest BCUT2D eigenvalue weighted by atomic mass is 10.1. The predicted molar refractivity (Wildman–Crippen MR) is 75.4 cm³/mol. The maximum absolute atomic E-state index is 12.3. The summed E-state index contributed by atoms with van der Waals surface area (Å²) in [5, 5.41) is 3.76. The first-order valence-corrected chi connectivity index (χ1v) is 6.34. The summed E-state index contributed by atoms with van der Waals surface area (Å²) < 4.78 is 20.7. The maximum atomic E-state index is 12.3. The smallest absolute Gasteiger partial charge is 0.203 e. The molecule has 112 valence electrons. The lowest BCUT2D eigenvalue weighted by molar-refractivity contribution is 0.0984. The van der Waals surface area contributed by atoms with E-state index in [4.69, 9.17) is 18.7 Å². The molecule has 0 radical (unpaired) electrons. The lowest BCUT2D eigenvalue weighted by Crippen LogP contribution is -2.05. The van der Waals surface area contributed by atoms with Gasteiger partial charge in [0.15, 0.2) is 17.3 Å². The summed E-state index contributed by atoms with van der Waals surface area (Å²) >= 11 is 0. The van der Waals surface area contributed by atoms with E-state index in [0.717, 1.165) is 5.69 Å². The third-order valence-electron chi connectivity index (χ3n) is 3.00. The molecule has 0 aliphatic carbocycles. The maximum Gasteiger partial charge on any atom is 0.203 e. The second kappa shape index (κ2) is 6.30. The van der Waals surface area contributed by atoms with Crippen molar-refractivity contribution >= 4 is 5.78 Å². The largest absolute Gasteiger partial charge is 0.493 e. The SMILES string of the molecule is COc1cc(C(=O)Cc2cc(C)no2)cc(OC)c1OC. The second-order valence-electron chi connectivity index (χ2n) is 4.45. The number of ether oxygens (including phenoxy) is 3. The van der Waals surface area contributed by atoms with Crippen molar-refractivity contribution < 1.29 is 23.5 Å². The van der Waals surface area contributed by atoms with Gasteiger partial charge in [0.25, 0.3) is 0 Å². The van der Waals surface area contributed by atoms with Gasteiger partial charge >= 0.3 is 0 Å². The van der Waals surface area contributed by atoms with Crippen molar-refractivity contribution in [2.75, 3.05) is 21.3 Å². The topological polar surface area (TPSA) is 70.8 Å². The van der Waals surface area contributed by atoms with Crippen LogP contribution >= 0.6 is 0 Å². The minimum absolute atomic E-state index is 0.120. The van der Waals surface area contributed by atoms with Gasteiger partial charge in [0.1, 0.15) is 5.76 Å². The highest BCUT2D eigenvalue weighted by Crippen LogP contribution is 2.38. The number of rotatable bonds is 6. The first-order valence-electron chi connectivity index (χ1n) is 6.34. The van der Waals surface area contributed by atoms with Gasteiger partial charge in [0.05, 0.1) is 33.4 Å². The molecular formula is C15H17NO5. The van der Waals surface area contributed by atoms with Crippen molar-refractivity contribution in [2.24, 2.45) is 0 Å². The summed E-state index contributed by atoms with van der Waals surface area (Å²) in [6, 6.07) is 4.97. The second-order valence-corrected chi connectivity index (χ2v) is 4.45. The molecule has 21 heavy (non-hydrogen) atoms. The van der Waals surface area contributed by atoms with Crippen LogP contribution in [0, 0.1) is 6.92 Å². The summed E-state index contributed by atoms with van der Waals surface area (Å²) in [4.78, 5) is 12.3. The van der Waals surface area contributed by atoms with Gasteiger partial charge in [-0.15, -0.1) is 0 Å². The fourth-order valence-corrected chi connectivity index (χ4v) is 2.00. The van der Waals surface area contributed by atoms with E-state index in [0.29, 0.717) is 28.6 Å². The number of carbonyl (C=O) groups is 1. The van der Waals surface area contributed by atoms with Crippen LogP contribution in [0.25, 0.3) is 0 Å². The zero-order valence-electron chi connectivity index (χ0n) is 12.4. The van der Waals surface area contributed by atoms with E-state index in [1.165, 1.54) is 21.3 Å². The Morgan fingerprint density at radius 1 is 1.10 bits per heavy atom. The summed E-state index contributed by atoms with van der Waals surface area (Å²) in [6.07, 6.45) is 0.124. The van der Waals surface area contributed by atoms with Gasteiger partial charge < -0.3 is 18.7 Å². The first kappa shape index (κ1) is 14.9. The molecule has 1 aromatic carbocycles. The fourth-order valence-electron chi connectivity index (χ4n) is 2.00. The number of Topliss-reactive ketones (excluding diaryl/α,β-unsaturated/α-hetero) is 1. The average Bonchev–Trinajstić information content (AvgIpc) is 2.90. The highest BCUT2D eigenvalue weighted by atomic mass is 16.5. The van der Waals surface area contributed by atoms with E-state index >= 15 is 0 Å². The van der Waals surface area contributed by atoms with E-state index < -0.39 is 0 Å². The Bertz CT molecular complexity index is 622. The van der Waals surface area contributed by atoms with Gasteiger partial charge in [-0.1, -0.05) is 5.16 Å². The number of aryl methyl sites for hydroxylation is 1. The molecule has 6 nitrogen and oxygen atoms in total. The van der Waals surface area contributed by atoms with Gasteiger partial charge in [-0.05, 0) is 19.1 Å². The Hall–Kier alpha value is -2.50. The Labute approximate surface area is 122 Å². The van der Waals surface area contributed by atoms with Gasteiger partial charge in [0.2, 0.25) is 5.75 Å². The Morgan fingerprint density at radius 2 is 1.71 bits per heavy atom. The molecule has 0 aliphatic heterocycles. The van der Waals surface area contributed by atoms with Gasteiger partial charge in [-0.2, -0.15) is 0 Å². The summed E-state index contributed by atoms with van der Waals surface area (Å²) in [5.74, 6) is 1.73. The average molecular weight is 291 g/mol. The molecule has 0 atom stereocenters. The van der Waals surface area contributed by atoms with Crippen LogP contribution in [0.5, 0.6) is 17.2 Å². The minimum atomic E-state index is -0.120. The highest BCUT2D eigenvalue weighted by Gasteiger charge is 2.18. The Morgan fingerprint density at radius 3 is 2.14 bits per heavy atom. The third-order valence-corrected chi connectivity index (χ3v) is 3.00. The van der Waals surface area contributed by atoms with Crippen LogP contribution in [0.3, 0.4) is 0 Å². The summed E-state index contributed by atoms with van der Waals surface area (Å²) in [6.45, 7) is 1.80. The van der Waals surface area contributed by atoms with Crippen LogP contribution in [0.1, 0.15) is 21.8 Å². The molecule has 1 heterocycles. The highest BCUT2D eigenvalue weighted by molar-refractivity contribution is 5.98. The van der Waals surface area contributed by atoms with E-state index in [-0.39, 0.29) is 12.2 Å². The molecule has 2 rings (SSSR count). The molecule has 2 aromatic rings. The van der Waals surface area contributed by atoms with Crippen LogP contribution in [0.2, 0.25) is 0 Å². The number of ketones is 1. The number of aromatic nitrogens is 1. The number of methoxy groups -OCH3 is 3. The zero-order chi connectivity index (χ0) is 15.4. The van der Waals surface area contributed by atoms with Gasteiger partial charge in [-0.25, -0.2) is 0 Å². The third kappa shape index (κ3) is 3.16. The molecule has 6 heteroatoms. The Balaban J connectivity index is 2.32. The normalized spacial score (nSPS) is 10.3. The summed E-state index contributed by atoms with van der Waals surface area (Å²) in [7, 11) is 4.52. The molecule has 0 N–H and O–H groups in total. The molecule has 0 bridgehead atoms.